The summed E-state index contributed by atoms with van der Waals surface area (Å²) in [6.45, 7) is 0.349. The Hall–Kier alpha value is -3.43. The van der Waals surface area contributed by atoms with Gasteiger partial charge in [0.15, 0.2) is 11.9 Å². The van der Waals surface area contributed by atoms with Crippen LogP contribution in [0.25, 0.3) is 5.69 Å². The molecule has 0 bridgehead atoms. The minimum absolute atomic E-state index is 0.118. The highest BCUT2D eigenvalue weighted by Crippen LogP contribution is 2.25. The van der Waals surface area contributed by atoms with Gasteiger partial charge in [-0.1, -0.05) is 0 Å². The topological polar surface area (TPSA) is 95.5 Å². The van der Waals surface area contributed by atoms with Crippen molar-refractivity contribution in [2.75, 3.05) is 18.1 Å². The van der Waals surface area contributed by atoms with Crippen LogP contribution in [-0.4, -0.2) is 45.5 Å². The Morgan fingerprint density at radius 2 is 2.12 bits per heavy atom. The van der Waals surface area contributed by atoms with Crippen LogP contribution in [0.2, 0.25) is 0 Å². The van der Waals surface area contributed by atoms with E-state index in [1.165, 1.54) is 35.7 Å². The van der Waals surface area contributed by atoms with Gasteiger partial charge in [-0.25, -0.2) is 9.18 Å². The standard InChI is InChI=1S/C15H12FN5O4/c16-12-7-10(1-2-13(12)21-17-4-5-18-21)20-8-11(25-15(20)22)9-23-14-3-6-24-19-14/h1-7,11H,8-9H2. The normalized spacial score (nSPS) is 16.9. The number of rotatable bonds is 5. The van der Waals surface area contributed by atoms with Gasteiger partial charge < -0.3 is 14.0 Å². The van der Waals surface area contributed by atoms with Gasteiger partial charge in [0.05, 0.1) is 24.6 Å². The summed E-state index contributed by atoms with van der Waals surface area (Å²) >= 11 is 0. The second-order valence-electron chi connectivity index (χ2n) is 5.22. The Morgan fingerprint density at radius 1 is 1.28 bits per heavy atom. The molecule has 0 N–H and O–H groups in total. The summed E-state index contributed by atoms with van der Waals surface area (Å²) < 4.78 is 29.5. The maximum Gasteiger partial charge on any atom is 0.414 e. The van der Waals surface area contributed by atoms with Gasteiger partial charge in [-0.05, 0) is 17.3 Å². The van der Waals surface area contributed by atoms with Crippen LogP contribution in [0.1, 0.15) is 0 Å². The zero-order valence-corrected chi connectivity index (χ0v) is 12.8. The second-order valence-corrected chi connectivity index (χ2v) is 5.22. The van der Waals surface area contributed by atoms with E-state index in [-0.39, 0.29) is 18.8 Å². The molecule has 1 amide bonds. The number of aromatic nitrogens is 4. The summed E-state index contributed by atoms with van der Waals surface area (Å²) in [5.41, 5.74) is 0.564. The lowest BCUT2D eigenvalue weighted by Crippen LogP contribution is -2.26. The molecule has 10 heteroatoms. The number of hydrogen-bond donors (Lipinski definition) is 0. The lowest BCUT2D eigenvalue weighted by atomic mass is 10.2. The Balaban J connectivity index is 1.46. The Morgan fingerprint density at radius 3 is 2.84 bits per heavy atom. The zero-order chi connectivity index (χ0) is 17.2. The quantitative estimate of drug-likeness (QED) is 0.696. The molecule has 2 aromatic heterocycles. The van der Waals surface area contributed by atoms with E-state index in [1.54, 1.807) is 12.1 Å². The van der Waals surface area contributed by atoms with Gasteiger partial charge in [0.1, 0.15) is 18.6 Å². The summed E-state index contributed by atoms with van der Waals surface area (Å²) in [5.74, 6) is -0.250. The second kappa shape index (κ2) is 6.23. The fourth-order valence-electron chi connectivity index (χ4n) is 2.44. The Bertz CT molecular complexity index is 868. The van der Waals surface area contributed by atoms with Crippen LogP contribution in [0.5, 0.6) is 5.88 Å². The van der Waals surface area contributed by atoms with Crippen molar-refractivity contribution in [2.24, 2.45) is 0 Å². The lowest BCUT2D eigenvalue weighted by Gasteiger charge is -2.14. The molecule has 4 rings (SSSR count). The van der Waals surface area contributed by atoms with E-state index >= 15 is 0 Å². The smallest absolute Gasteiger partial charge is 0.414 e. The summed E-state index contributed by atoms with van der Waals surface area (Å²) in [6.07, 6.45) is 3.20. The first kappa shape index (κ1) is 15.1. The zero-order valence-electron chi connectivity index (χ0n) is 12.8. The molecule has 128 valence electrons. The van der Waals surface area contributed by atoms with Gasteiger partial charge in [0.2, 0.25) is 0 Å². The van der Waals surface area contributed by atoms with Crippen LogP contribution in [0.3, 0.4) is 0 Å². The SMILES string of the molecule is O=C1OC(COc2ccon2)CN1c1ccc(-n2nccn2)c(F)c1. The average molecular weight is 345 g/mol. The maximum absolute atomic E-state index is 14.3. The fourth-order valence-corrected chi connectivity index (χ4v) is 2.44. The van der Waals surface area contributed by atoms with Crippen LogP contribution >= 0.6 is 0 Å². The molecule has 1 aromatic carbocycles. The Labute approximate surface area is 140 Å². The highest BCUT2D eigenvalue weighted by Gasteiger charge is 2.33. The highest BCUT2D eigenvalue weighted by atomic mass is 19.1. The van der Waals surface area contributed by atoms with Crippen LogP contribution in [0.4, 0.5) is 14.9 Å². The van der Waals surface area contributed by atoms with E-state index in [0.717, 1.165) is 4.80 Å². The Kier molecular flexibility index (Phi) is 3.77. The van der Waals surface area contributed by atoms with Crippen molar-refractivity contribution in [3.63, 3.8) is 0 Å². The molecule has 9 nitrogen and oxygen atoms in total. The van der Waals surface area contributed by atoms with E-state index < -0.39 is 18.0 Å². The lowest BCUT2D eigenvalue weighted by molar-refractivity contribution is 0.102. The van der Waals surface area contributed by atoms with Gasteiger partial charge >= 0.3 is 6.09 Å². The molecule has 25 heavy (non-hydrogen) atoms. The van der Waals surface area contributed by atoms with Gasteiger partial charge in [-0.3, -0.25) is 4.90 Å². The van der Waals surface area contributed by atoms with Crippen LogP contribution in [0.15, 0.2) is 47.4 Å². The van der Waals surface area contributed by atoms with Crippen LogP contribution in [0, 0.1) is 5.82 Å². The number of anilines is 1. The van der Waals surface area contributed by atoms with E-state index in [1.807, 2.05) is 0 Å². The molecule has 1 unspecified atom stereocenters. The number of cyclic esters (lactones) is 1. The maximum atomic E-state index is 14.3. The molecule has 0 aliphatic carbocycles. The number of nitrogens with zero attached hydrogens (tertiary/aromatic N) is 5. The van der Waals surface area contributed by atoms with Crippen LogP contribution < -0.4 is 9.64 Å². The third-order valence-corrected chi connectivity index (χ3v) is 3.58. The number of amides is 1. The first-order valence-corrected chi connectivity index (χ1v) is 7.38. The summed E-state index contributed by atoms with van der Waals surface area (Å²) in [5, 5.41) is 11.4. The molecular weight excluding hydrogens is 333 g/mol. The monoisotopic (exact) mass is 345 g/mol. The predicted molar refractivity (Wildman–Crippen MR) is 80.9 cm³/mol. The van der Waals surface area contributed by atoms with E-state index in [0.29, 0.717) is 11.6 Å². The molecule has 1 fully saturated rings. The van der Waals surface area contributed by atoms with Crippen molar-refractivity contribution in [1.82, 2.24) is 20.2 Å². The average Bonchev–Trinajstić information content (AvgIpc) is 3.35. The minimum Gasteiger partial charge on any atom is -0.471 e. The molecular formula is C15H12FN5O4. The van der Waals surface area contributed by atoms with Crippen molar-refractivity contribution in [2.45, 2.75) is 6.10 Å². The summed E-state index contributed by atoms with van der Waals surface area (Å²) in [7, 11) is 0. The van der Waals surface area contributed by atoms with Crippen molar-refractivity contribution in [3.8, 4) is 11.6 Å². The molecule has 1 aliphatic heterocycles. The molecule has 0 saturated carbocycles. The largest absolute Gasteiger partial charge is 0.471 e. The first-order chi connectivity index (χ1) is 12.2. The van der Waals surface area contributed by atoms with Gasteiger partial charge in [-0.2, -0.15) is 10.2 Å². The summed E-state index contributed by atoms with van der Waals surface area (Å²) in [4.78, 5) is 14.5. The van der Waals surface area contributed by atoms with Gasteiger partial charge in [0, 0.05) is 12.1 Å². The predicted octanol–water partition coefficient (Wildman–Crippen LogP) is 1.80. The third-order valence-electron chi connectivity index (χ3n) is 3.58. The number of carbonyl (C=O) groups is 1. The number of halogens is 1. The molecule has 0 spiro atoms. The molecule has 1 atom stereocenters. The van der Waals surface area contributed by atoms with Crippen molar-refractivity contribution in [1.29, 1.82) is 0 Å². The summed E-state index contributed by atoms with van der Waals surface area (Å²) in [6, 6.07) is 5.88. The number of benzene rings is 1. The third kappa shape index (κ3) is 3.01. The molecule has 3 aromatic rings. The highest BCUT2D eigenvalue weighted by molar-refractivity contribution is 5.89. The molecule has 0 radical (unpaired) electrons. The molecule has 1 aliphatic rings. The van der Waals surface area contributed by atoms with Gasteiger partial charge in [0.25, 0.3) is 5.88 Å². The molecule has 3 heterocycles. The van der Waals surface area contributed by atoms with E-state index in [9.17, 15) is 9.18 Å². The first-order valence-electron chi connectivity index (χ1n) is 7.38. The minimum atomic E-state index is -0.571. The van der Waals surface area contributed by atoms with Crippen molar-refractivity contribution in [3.05, 3.63) is 48.7 Å². The van der Waals surface area contributed by atoms with E-state index in [4.69, 9.17) is 9.47 Å². The van der Waals surface area contributed by atoms with Gasteiger partial charge in [-0.15, -0.1) is 4.80 Å². The number of carbonyl (C=O) groups excluding carboxylic acids is 1. The fraction of sp³-hybridized carbons (Fsp3) is 0.200. The van der Waals surface area contributed by atoms with Crippen molar-refractivity contribution < 1.29 is 23.2 Å². The number of hydrogen-bond acceptors (Lipinski definition) is 7. The van der Waals surface area contributed by atoms with E-state index in [2.05, 4.69) is 19.9 Å². The van der Waals surface area contributed by atoms with Crippen LogP contribution in [-0.2, 0) is 4.74 Å². The van der Waals surface area contributed by atoms with Crippen molar-refractivity contribution >= 4 is 11.8 Å². The number of ether oxygens (including phenoxy) is 2. The molecule has 1 saturated heterocycles.